The van der Waals surface area contributed by atoms with Crippen LogP contribution in [0.3, 0.4) is 0 Å². The van der Waals surface area contributed by atoms with Gasteiger partial charge in [0.25, 0.3) is 5.82 Å². The van der Waals surface area contributed by atoms with Crippen LogP contribution in [-0.2, 0) is 12.3 Å². The first-order valence-corrected chi connectivity index (χ1v) is 9.30. The summed E-state index contributed by atoms with van der Waals surface area (Å²) in [6.07, 6.45) is 0. The molecule has 0 saturated carbocycles. The van der Waals surface area contributed by atoms with Gasteiger partial charge in [-0.15, -0.1) is 0 Å². The average Bonchev–Trinajstić information content (AvgIpc) is 3.12. The zero-order valence-corrected chi connectivity index (χ0v) is 15.0. The minimum Gasteiger partial charge on any atom is -0.333 e. The minimum atomic E-state index is 0.851. The zero-order chi connectivity index (χ0) is 15.8. The van der Waals surface area contributed by atoms with Gasteiger partial charge >= 0.3 is 0 Å². The highest BCUT2D eigenvalue weighted by Gasteiger charge is 2.17. The zero-order valence-electron chi connectivity index (χ0n) is 12.6. The molecule has 116 valence electrons. The molecule has 4 aromatic rings. The number of halogens is 1. The summed E-state index contributed by atoms with van der Waals surface area (Å²) in [7, 11) is 0. The number of nitrogens with one attached hydrogen (secondary N) is 2. The topological polar surface area (TPSA) is 48.4 Å². The maximum Gasteiger partial charge on any atom is 0.265 e. The molecule has 0 aliphatic rings. The predicted octanol–water partition coefficient (Wildman–Crippen LogP) is 4.41. The van der Waals surface area contributed by atoms with E-state index in [9.17, 15) is 0 Å². The van der Waals surface area contributed by atoms with Crippen LogP contribution in [0.1, 0.15) is 12.7 Å². The Morgan fingerprint density at radius 1 is 1.13 bits per heavy atom. The fourth-order valence-electron chi connectivity index (χ4n) is 2.82. The summed E-state index contributed by atoms with van der Waals surface area (Å²) in [6.45, 7) is 3.13. The number of hydrogen-bond donors (Lipinski definition) is 2. The Morgan fingerprint density at radius 2 is 2.00 bits per heavy atom. The van der Waals surface area contributed by atoms with E-state index in [1.54, 1.807) is 11.8 Å². The van der Waals surface area contributed by atoms with Gasteiger partial charge in [-0.3, -0.25) is 0 Å². The highest BCUT2D eigenvalue weighted by Crippen LogP contribution is 2.24. The van der Waals surface area contributed by atoms with E-state index in [-0.39, 0.29) is 0 Å². The smallest absolute Gasteiger partial charge is 0.265 e. The van der Waals surface area contributed by atoms with Crippen LogP contribution < -0.4 is 4.57 Å². The summed E-state index contributed by atoms with van der Waals surface area (Å²) >= 11 is 5.21. The third-order valence-electron chi connectivity index (χ3n) is 3.88. The first kappa shape index (κ1) is 14.8. The fraction of sp³-hybridized carbons (Fsp3) is 0.176. The molecule has 2 N–H and O–H groups in total. The van der Waals surface area contributed by atoms with Gasteiger partial charge in [0.05, 0.1) is 17.6 Å². The molecular weight excluding hydrogens is 372 g/mol. The van der Waals surface area contributed by atoms with E-state index in [0.717, 1.165) is 33.0 Å². The van der Waals surface area contributed by atoms with E-state index >= 15 is 0 Å². The number of aromatic amines is 2. The average molecular weight is 388 g/mol. The van der Waals surface area contributed by atoms with Crippen LogP contribution in [0.4, 0.5) is 0 Å². The molecule has 0 fully saturated rings. The summed E-state index contributed by atoms with van der Waals surface area (Å²) in [5.74, 6) is 2.06. The molecule has 0 saturated heterocycles. The Hall–Kier alpha value is -1.79. The van der Waals surface area contributed by atoms with Crippen LogP contribution in [0.15, 0.2) is 52.1 Å². The molecule has 2 aromatic carbocycles. The van der Waals surface area contributed by atoms with Crippen molar-refractivity contribution in [3.63, 3.8) is 0 Å². The van der Waals surface area contributed by atoms with E-state index in [4.69, 9.17) is 0 Å². The second-order valence-electron chi connectivity index (χ2n) is 5.33. The maximum atomic E-state index is 4.64. The summed E-state index contributed by atoms with van der Waals surface area (Å²) < 4.78 is 3.38. The Balaban J connectivity index is 1.62. The van der Waals surface area contributed by atoms with Gasteiger partial charge in [-0.2, -0.15) is 0 Å². The number of thioether (sulfide) groups is 1. The van der Waals surface area contributed by atoms with Crippen molar-refractivity contribution >= 4 is 49.8 Å². The molecule has 4 nitrogen and oxygen atoms in total. The number of hydrogen-bond acceptors (Lipinski definition) is 2. The molecule has 0 aliphatic heterocycles. The normalized spacial score (nSPS) is 11.6. The van der Waals surface area contributed by atoms with Crippen LogP contribution in [0, 0.1) is 0 Å². The number of imidazole rings is 2. The Morgan fingerprint density at radius 3 is 2.87 bits per heavy atom. The van der Waals surface area contributed by atoms with E-state index in [0.29, 0.717) is 0 Å². The van der Waals surface area contributed by atoms with Gasteiger partial charge in [0, 0.05) is 4.47 Å². The molecule has 0 spiro atoms. The lowest BCUT2D eigenvalue weighted by Gasteiger charge is -1.97. The fourth-order valence-corrected chi connectivity index (χ4v) is 4.03. The van der Waals surface area contributed by atoms with Crippen molar-refractivity contribution in [2.75, 3.05) is 0 Å². The molecule has 0 aliphatic carbocycles. The highest BCUT2D eigenvalue weighted by molar-refractivity contribution is 9.10. The first-order chi connectivity index (χ1) is 11.2. The summed E-state index contributed by atoms with van der Waals surface area (Å²) in [6, 6.07) is 14.5. The lowest BCUT2D eigenvalue weighted by atomic mass is 10.3. The molecular formula is C17H16BrN4S+. The number of para-hydroxylation sites is 2. The molecule has 23 heavy (non-hydrogen) atoms. The third kappa shape index (κ3) is 2.77. The van der Waals surface area contributed by atoms with Crippen molar-refractivity contribution in [1.29, 1.82) is 0 Å². The maximum absolute atomic E-state index is 4.64. The van der Waals surface area contributed by atoms with Crippen LogP contribution in [-0.4, -0.2) is 15.0 Å². The van der Waals surface area contributed by atoms with Gasteiger partial charge in [-0.05, 0) is 37.3 Å². The van der Waals surface area contributed by atoms with E-state index in [2.05, 4.69) is 72.7 Å². The Labute approximate surface area is 146 Å². The molecule has 0 bridgehead atoms. The van der Waals surface area contributed by atoms with Crippen molar-refractivity contribution in [2.45, 2.75) is 24.4 Å². The molecule has 0 atom stereocenters. The Kier molecular flexibility index (Phi) is 3.87. The minimum absolute atomic E-state index is 0.851. The monoisotopic (exact) mass is 387 g/mol. The second kappa shape index (κ2) is 6.02. The lowest BCUT2D eigenvalue weighted by Crippen LogP contribution is -2.35. The summed E-state index contributed by atoms with van der Waals surface area (Å²) in [5.41, 5.74) is 4.48. The molecule has 2 aromatic heterocycles. The van der Waals surface area contributed by atoms with Crippen molar-refractivity contribution in [3.05, 3.63) is 52.8 Å². The van der Waals surface area contributed by atoms with E-state index < -0.39 is 0 Å². The van der Waals surface area contributed by atoms with Crippen molar-refractivity contribution in [2.24, 2.45) is 0 Å². The number of H-pyrrole nitrogens is 2. The molecule has 2 heterocycles. The quantitative estimate of drug-likeness (QED) is 0.402. The SMILES string of the molecule is CC[n+]1c(CSc2nc3ccc(Br)cc3[nH]2)[nH]c2ccccc21. The van der Waals surface area contributed by atoms with Gasteiger partial charge < -0.3 is 4.98 Å². The lowest BCUT2D eigenvalue weighted by molar-refractivity contribution is -0.674. The van der Waals surface area contributed by atoms with Gasteiger partial charge in [-0.25, -0.2) is 14.5 Å². The summed E-state index contributed by atoms with van der Waals surface area (Å²) in [5, 5.41) is 0.944. The molecule has 0 amide bonds. The number of fused-ring (bicyclic) bond motifs is 2. The molecule has 4 rings (SSSR count). The predicted molar refractivity (Wildman–Crippen MR) is 97.5 cm³/mol. The van der Waals surface area contributed by atoms with Crippen LogP contribution in [0.2, 0.25) is 0 Å². The standard InChI is InChI=1S/C17H15BrN4S/c1-2-22-15-6-4-3-5-13(15)19-16(22)10-23-17-20-12-8-7-11(18)9-14(12)21-17/h3-9H,2,10H2,1H3,(H,20,21)/p+1. The van der Waals surface area contributed by atoms with Crippen molar-refractivity contribution in [3.8, 4) is 0 Å². The van der Waals surface area contributed by atoms with Crippen LogP contribution >= 0.6 is 27.7 Å². The number of nitrogens with zero attached hydrogens (tertiary/aromatic N) is 2. The number of benzene rings is 2. The second-order valence-corrected chi connectivity index (χ2v) is 7.20. The largest absolute Gasteiger partial charge is 0.333 e. The first-order valence-electron chi connectivity index (χ1n) is 7.52. The van der Waals surface area contributed by atoms with Gasteiger partial charge in [0.15, 0.2) is 16.2 Å². The number of rotatable bonds is 4. The Bertz CT molecular complexity index is 989. The van der Waals surface area contributed by atoms with Crippen molar-refractivity contribution in [1.82, 2.24) is 15.0 Å². The number of aromatic nitrogens is 4. The van der Waals surface area contributed by atoms with Gasteiger partial charge in [0.2, 0.25) is 0 Å². The summed E-state index contributed by atoms with van der Waals surface area (Å²) in [4.78, 5) is 11.5. The van der Waals surface area contributed by atoms with Crippen LogP contribution in [0.5, 0.6) is 0 Å². The highest BCUT2D eigenvalue weighted by atomic mass is 79.9. The third-order valence-corrected chi connectivity index (χ3v) is 5.26. The molecule has 6 heteroatoms. The van der Waals surface area contributed by atoms with E-state index in [1.807, 2.05) is 12.1 Å². The van der Waals surface area contributed by atoms with E-state index in [1.165, 1.54) is 16.9 Å². The molecule has 0 radical (unpaired) electrons. The van der Waals surface area contributed by atoms with Gasteiger partial charge in [-0.1, -0.05) is 39.8 Å². The van der Waals surface area contributed by atoms with Gasteiger partial charge in [0.1, 0.15) is 5.75 Å². The number of aryl methyl sites for hydroxylation is 1. The van der Waals surface area contributed by atoms with Crippen molar-refractivity contribution < 1.29 is 4.57 Å². The van der Waals surface area contributed by atoms with Crippen LogP contribution in [0.25, 0.3) is 22.1 Å². The molecule has 0 unspecified atom stereocenters.